The van der Waals surface area contributed by atoms with Crippen LogP contribution in [0, 0.1) is 0 Å². The molecule has 0 saturated heterocycles. The smallest absolute Gasteiger partial charge is 0.352 e. The predicted molar refractivity (Wildman–Crippen MR) is 100 cm³/mol. The molecule has 0 atom stereocenters. The van der Waals surface area contributed by atoms with Crippen molar-refractivity contribution in [2.75, 3.05) is 6.61 Å². The standard InChI is InChI=1S/C20H17N3O3/c1-3-26-15-10-8-14(9-11-15)23-17-7-5-4-6-13(17)12-16-18(23)21-20(25)22(2)19(16)24/h4-12H,3H2,1-2H3. The Kier molecular flexibility index (Phi) is 3.80. The number of hydrogen-bond donors (Lipinski definition) is 0. The summed E-state index contributed by atoms with van der Waals surface area (Å²) in [5, 5.41) is 0.895. The highest BCUT2D eigenvalue weighted by Crippen LogP contribution is 2.28. The average molecular weight is 347 g/mol. The molecule has 4 rings (SSSR count). The van der Waals surface area contributed by atoms with Crippen LogP contribution in [-0.4, -0.2) is 20.7 Å². The van der Waals surface area contributed by atoms with Crippen molar-refractivity contribution < 1.29 is 4.74 Å². The Morgan fingerprint density at radius 1 is 1.04 bits per heavy atom. The molecule has 0 aliphatic carbocycles. The van der Waals surface area contributed by atoms with Crippen molar-refractivity contribution >= 4 is 10.9 Å². The zero-order valence-corrected chi connectivity index (χ0v) is 14.5. The fraction of sp³-hybridized carbons (Fsp3) is 0.150. The van der Waals surface area contributed by atoms with Gasteiger partial charge in [0.2, 0.25) is 0 Å². The Morgan fingerprint density at radius 2 is 1.77 bits per heavy atom. The Hall–Kier alpha value is -3.41. The summed E-state index contributed by atoms with van der Waals surface area (Å²) in [6, 6.07) is 17.0. The van der Waals surface area contributed by atoms with Gasteiger partial charge in [-0.05, 0) is 48.7 Å². The van der Waals surface area contributed by atoms with Gasteiger partial charge in [0.05, 0.1) is 17.7 Å². The van der Waals surface area contributed by atoms with Gasteiger partial charge in [-0.25, -0.2) is 4.79 Å². The van der Waals surface area contributed by atoms with Crippen LogP contribution in [0.5, 0.6) is 5.75 Å². The first-order valence-electron chi connectivity index (χ1n) is 8.35. The van der Waals surface area contributed by atoms with Gasteiger partial charge in [0, 0.05) is 12.7 Å². The van der Waals surface area contributed by atoms with Crippen molar-refractivity contribution in [3.05, 3.63) is 75.4 Å². The van der Waals surface area contributed by atoms with E-state index in [2.05, 4.69) is 4.98 Å². The zero-order chi connectivity index (χ0) is 18.3. The number of aromatic nitrogens is 3. The van der Waals surface area contributed by atoms with E-state index in [1.54, 1.807) is 6.07 Å². The number of fused-ring (bicyclic) bond motifs is 2. The van der Waals surface area contributed by atoms with Gasteiger partial charge >= 0.3 is 5.69 Å². The molecule has 2 aromatic carbocycles. The van der Waals surface area contributed by atoms with Crippen LogP contribution in [0.3, 0.4) is 0 Å². The Labute approximate surface area is 149 Å². The Bertz CT molecular complexity index is 1190. The number of ether oxygens (including phenoxy) is 1. The van der Waals surface area contributed by atoms with Crippen molar-refractivity contribution in [2.24, 2.45) is 7.05 Å². The molecule has 0 radical (unpaired) electrons. The first-order chi connectivity index (χ1) is 12.6. The third kappa shape index (κ3) is 2.47. The highest BCUT2D eigenvalue weighted by atomic mass is 16.5. The normalized spacial score (nSPS) is 11.2. The quantitative estimate of drug-likeness (QED) is 0.534. The summed E-state index contributed by atoms with van der Waals surface area (Å²) in [6.45, 7) is 2.51. The summed E-state index contributed by atoms with van der Waals surface area (Å²) in [5.41, 5.74) is 1.14. The van der Waals surface area contributed by atoms with E-state index in [4.69, 9.17) is 4.74 Å². The monoisotopic (exact) mass is 347 g/mol. The maximum Gasteiger partial charge on any atom is 0.352 e. The lowest BCUT2D eigenvalue weighted by molar-refractivity contribution is 0.340. The first-order valence-corrected chi connectivity index (χ1v) is 8.35. The second-order valence-electron chi connectivity index (χ2n) is 5.96. The molecule has 0 saturated carbocycles. The van der Waals surface area contributed by atoms with Gasteiger partial charge in [0.25, 0.3) is 5.56 Å². The van der Waals surface area contributed by atoms with E-state index < -0.39 is 5.69 Å². The molecule has 2 heterocycles. The number of para-hydroxylation sites is 1. The molecule has 26 heavy (non-hydrogen) atoms. The minimum absolute atomic E-state index is 0.348. The lowest BCUT2D eigenvalue weighted by Crippen LogP contribution is -2.35. The Balaban J connectivity index is 2.11. The first kappa shape index (κ1) is 16.1. The van der Waals surface area contributed by atoms with E-state index in [9.17, 15) is 9.59 Å². The molecule has 6 heteroatoms. The number of pyridine rings is 1. The van der Waals surface area contributed by atoms with Crippen molar-refractivity contribution in [1.29, 1.82) is 0 Å². The maximum absolute atomic E-state index is 12.6. The van der Waals surface area contributed by atoms with Crippen molar-refractivity contribution in [2.45, 2.75) is 6.92 Å². The fourth-order valence-electron chi connectivity index (χ4n) is 3.09. The van der Waals surface area contributed by atoms with Crippen LogP contribution >= 0.6 is 0 Å². The number of nitrogens with zero attached hydrogens (tertiary/aromatic N) is 3. The highest BCUT2D eigenvalue weighted by Gasteiger charge is 2.19. The van der Waals surface area contributed by atoms with Crippen molar-refractivity contribution in [1.82, 2.24) is 14.1 Å². The molecule has 2 aliphatic heterocycles. The van der Waals surface area contributed by atoms with Gasteiger partial charge in [-0.2, -0.15) is 4.98 Å². The number of rotatable bonds is 3. The summed E-state index contributed by atoms with van der Waals surface area (Å²) >= 11 is 0. The average Bonchev–Trinajstić information content (AvgIpc) is 2.66. The molecule has 2 aliphatic rings. The van der Waals surface area contributed by atoms with Gasteiger partial charge in [-0.15, -0.1) is 0 Å². The molecule has 0 bridgehead atoms. The van der Waals surface area contributed by atoms with Gasteiger partial charge in [-0.1, -0.05) is 18.2 Å². The second kappa shape index (κ2) is 6.15. The van der Waals surface area contributed by atoms with Gasteiger partial charge in [0.15, 0.2) is 5.82 Å². The third-order valence-corrected chi connectivity index (χ3v) is 4.36. The predicted octanol–water partition coefficient (Wildman–Crippen LogP) is 2.59. The molecule has 0 spiro atoms. The molecule has 130 valence electrons. The van der Waals surface area contributed by atoms with E-state index in [1.165, 1.54) is 7.05 Å². The topological polar surface area (TPSA) is 66.1 Å². The second-order valence-corrected chi connectivity index (χ2v) is 5.96. The molecule has 0 amide bonds. The van der Waals surface area contributed by atoms with Crippen molar-refractivity contribution in [3.63, 3.8) is 0 Å². The Morgan fingerprint density at radius 3 is 2.50 bits per heavy atom. The molecular weight excluding hydrogens is 330 g/mol. The molecular formula is C20H17N3O3. The summed E-state index contributed by atoms with van der Waals surface area (Å²) in [4.78, 5) is 28.9. The molecule has 0 N–H and O–H groups in total. The largest absolute Gasteiger partial charge is 0.494 e. The number of hydrogen-bond acceptors (Lipinski definition) is 4. The van der Waals surface area contributed by atoms with Gasteiger partial charge in [0.1, 0.15) is 5.75 Å². The van der Waals surface area contributed by atoms with E-state index in [-0.39, 0.29) is 5.56 Å². The molecule has 0 unspecified atom stereocenters. The SMILES string of the molecule is CCOc1ccc(-n2c3nc(=O)n(C)c(=O)c-3cc3ccccc32)cc1. The number of benzene rings is 2. The van der Waals surface area contributed by atoms with Crippen LogP contribution in [0.4, 0.5) is 0 Å². The summed E-state index contributed by atoms with van der Waals surface area (Å²) < 4.78 is 8.36. The van der Waals surface area contributed by atoms with E-state index in [0.717, 1.165) is 26.9 Å². The van der Waals surface area contributed by atoms with Gasteiger partial charge in [-0.3, -0.25) is 13.9 Å². The summed E-state index contributed by atoms with van der Waals surface area (Å²) in [5.74, 6) is 1.11. The van der Waals surface area contributed by atoms with Crippen LogP contribution in [0.15, 0.2) is 64.2 Å². The van der Waals surface area contributed by atoms with Crippen molar-refractivity contribution in [3.8, 4) is 22.8 Å². The minimum atomic E-state index is -0.572. The third-order valence-electron chi connectivity index (χ3n) is 4.36. The maximum atomic E-state index is 12.6. The molecule has 0 aromatic heterocycles. The molecule has 0 fully saturated rings. The fourth-order valence-corrected chi connectivity index (χ4v) is 3.09. The summed E-state index contributed by atoms with van der Waals surface area (Å²) in [7, 11) is 1.44. The van der Waals surface area contributed by atoms with E-state index in [0.29, 0.717) is 18.0 Å². The van der Waals surface area contributed by atoms with Crippen LogP contribution in [0.1, 0.15) is 6.92 Å². The lowest BCUT2D eigenvalue weighted by Gasteiger charge is -2.18. The minimum Gasteiger partial charge on any atom is -0.494 e. The summed E-state index contributed by atoms with van der Waals surface area (Å²) in [6.07, 6.45) is 0. The van der Waals surface area contributed by atoms with Crippen LogP contribution in [0.25, 0.3) is 28.0 Å². The zero-order valence-electron chi connectivity index (χ0n) is 14.5. The van der Waals surface area contributed by atoms with E-state index >= 15 is 0 Å². The van der Waals surface area contributed by atoms with Crippen LogP contribution in [-0.2, 0) is 7.05 Å². The van der Waals surface area contributed by atoms with Crippen LogP contribution in [0.2, 0.25) is 0 Å². The highest BCUT2D eigenvalue weighted by molar-refractivity contribution is 5.87. The molecule has 2 aromatic rings. The van der Waals surface area contributed by atoms with Crippen LogP contribution < -0.4 is 16.0 Å². The van der Waals surface area contributed by atoms with E-state index in [1.807, 2.05) is 60.0 Å². The molecule has 6 nitrogen and oxygen atoms in total. The van der Waals surface area contributed by atoms with Gasteiger partial charge < -0.3 is 4.74 Å². The lowest BCUT2D eigenvalue weighted by atomic mass is 10.1.